The number of rotatable bonds is 5. The maximum Gasteiger partial charge on any atom is 0.0933 e. The first-order valence-electron chi connectivity index (χ1n) is 7.25. The SMILES string of the molecule is Cc1nc(C)c(-c2csc(CCCc3ccc(Cl)cc3)n2)s1. The summed E-state index contributed by atoms with van der Waals surface area (Å²) in [4.78, 5) is 10.5. The Morgan fingerprint density at radius 3 is 2.50 bits per heavy atom. The minimum Gasteiger partial charge on any atom is -0.246 e. The number of hydrogen-bond acceptors (Lipinski definition) is 4. The van der Waals surface area contributed by atoms with Crippen molar-refractivity contribution in [1.29, 1.82) is 0 Å². The topological polar surface area (TPSA) is 25.8 Å². The molecule has 0 unspecified atom stereocenters. The molecular weight excluding hydrogens is 332 g/mol. The average molecular weight is 349 g/mol. The quantitative estimate of drug-likeness (QED) is 0.590. The van der Waals surface area contributed by atoms with Crippen LogP contribution in [-0.4, -0.2) is 9.97 Å². The van der Waals surface area contributed by atoms with E-state index < -0.39 is 0 Å². The van der Waals surface area contributed by atoms with Crippen molar-refractivity contribution in [3.05, 3.63) is 55.9 Å². The summed E-state index contributed by atoms with van der Waals surface area (Å²) in [6.45, 7) is 4.10. The molecule has 0 fully saturated rings. The largest absolute Gasteiger partial charge is 0.246 e. The normalized spacial score (nSPS) is 11.0. The van der Waals surface area contributed by atoms with Gasteiger partial charge in [-0.15, -0.1) is 22.7 Å². The van der Waals surface area contributed by atoms with Crippen molar-refractivity contribution >= 4 is 34.3 Å². The van der Waals surface area contributed by atoms with Gasteiger partial charge < -0.3 is 0 Å². The Bertz CT molecular complexity index is 759. The molecular formula is C17H17ClN2S2. The van der Waals surface area contributed by atoms with E-state index in [0.29, 0.717) is 0 Å². The molecule has 2 heterocycles. The van der Waals surface area contributed by atoms with Crippen molar-refractivity contribution in [2.75, 3.05) is 0 Å². The van der Waals surface area contributed by atoms with Crippen molar-refractivity contribution in [1.82, 2.24) is 9.97 Å². The summed E-state index contributed by atoms with van der Waals surface area (Å²) >= 11 is 9.37. The first-order chi connectivity index (χ1) is 10.6. The van der Waals surface area contributed by atoms with Gasteiger partial charge in [0, 0.05) is 10.4 Å². The van der Waals surface area contributed by atoms with E-state index in [4.69, 9.17) is 16.6 Å². The average Bonchev–Trinajstić information content (AvgIpc) is 3.07. The van der Waals surface area contributed by atoms with E-state index in [0.717, 1.165) is 40.7 Å². The zero-order valence-corrected chi connectivity index (χ0v) is 15.0. The number of benzene rings is 1. The van der Waals surface area contributed by atoms with Crippen LogP contribution in [0.3, 0.4) is 0 Å². The van der Waals surface area contributed by atoms with E-state index in [1.54, 1.807) is 22.7 Å². The van der Waals surface area contributed by atoms with Gasteiger partial charge in [-0.2, -0.15) is 0 Å². The van der Waals surface area contributed by atoms with Crippen LogP contribution in [0.5, 0.6) is 0 Å². The molecule has 0 saturated heterocycles. The Morgan fingerprint density at radius 1 is 1.05 bits per heavy atom. The van der Waals surface area contributed by atoms with E-state index in [9.17, 15) is 0 Å². The zero-order chi connectivity index (χ0) is 15.5. The third-order valence-electron chi connectivity index (χ3n) is 3.46. The molecule has 2 aromatic heterocycles. The third-order valence-corrected chi connectivity index (χ3v) is 5.71. The molecule has 0 aliphatic heterocycles. The van der Waals surface area contributed by atoms with E-state index in [2.05, 4.69) is 29.4 Å². The standard InChI is InChI=1S/C17H17ClN2S2/c1-11-17(22-12(2)19-11)15-10-21-16(20-15)5-3-4-13-6-8-14(18)9-7-13/h6-10H,3-5H2,1-2H3. The first kappa shape index (κ1) is 15.7. The van der Waals surface area contributed by atoms with Gasteiger partial charge in [0.1, 0.15) is 0 Å². The second kappa shape index (κ2) is 6.90. The Kier molecular flexibility index (Phi) is 4.91. The zero-order valence-electron chi connectivity index (χ0n) is 12.6. The number of thiazole rings is 2. The van der Waals surface area contributed by atoms with E-state index in [1.165, 1.54) is 15.4 Å². The summed E-state index contributed by atoms with van der Waals surface area (Å²) in [5.41, 5.74) is 3.49. The molecule has 0 atom stereocenters. The van der Waals surface area contributed by atoms with E-state index in [-0.39, 0.29) is 0 Å². The molecule has 0 spiro atoms. The van der Waals surface area contributed by atoms with Crippen LogP contribution >= 0.6 is 34.3 Å². The third kappa shape index (κ3) is 3.75. The lowest BCUT2D eigenvalue weighted by Crippen LogP contribution is -1.89. The Labute approximate surface area is 143 Å². The van der Waals surface area contributed by atoms with Gasteiger partial charge in [-0.3, -0.25) is 0 Å². The van der Waals surface area contributed by atoms with E-state index in [1.807, 2.05) is 19.1 Å². The highest BCUT2D eigenvalue weighted by atomic mass is 35.5. The second-order valence-electron chi connectivity index (χ2n) is 5.25. The summed E-state index contributed by atoms with van der Waals surface area (Å²) in [5.74, 6) is 0. The lowest BCUT2D eigenvalue weighted by atomic mass is 10.1. The van der Waals surface area contributed by atoms with Crippen molar-refractivity contribution in [3.8, 4) is 10.6 Å². The molecule has 0 bridgehead atoms. The predicted octanol–water partition coefficient (Wildman–Crippen LogP) is 5.71. The Balaban J connectivity index is 1.60. The summed E-state index contributed by atoms with van der Waals surface area (Å²) in [5, 5.41) is 5.25. The van der Waals surface area contributed by atoms with Crippen LogP contribution in [-0.2, 0) is 12.8 Å². The van der Waals surface area contributed by atoms with Crippen LogP contribution in [0.4, 0.5) is 0 Å². The van der Waals surface area contributed by atoms with Crippen LogP contribution < -0.4 is 0 Å². The van der Waals surface area contributed by atoms with Crippen LogP contribution in [0.1, 0.15) is 27.7 Å². The van der Waals surface area contributed by atoms with Crippen LogP contribution in [0, 0.1) is 13.8 Å². The highest BCUT2D eigenvalue weighted by Gasteiger charge is 2.11. The summed E-state index contributed by atoms with van der Waals surface area (Å²) in [6, 6.07) is 8.10. The lowest BCUT2D eigenvalue weighted by Gasteiger charge is -2.00. The highest BCUT2D eigenvalue weighted by Crippen LogP contribution is 2.30. The van der Waals surface area contributed by atoms with Gasteiger partial charge >= 0.3 is 0 Å². The maximum atomic E-state index is 5.90. The second-order valence-corrected chi connectivity index (χ2v) is 7.84. The number of hydrogen-bond donors (Lipinski definition) is 0. The minimum absolute atomic E-state index is 0.795. The fourth-order valence-electron chi connectivity index (χ4n) is 2.39. The molecule has 0 N–H and O–H groups in total. The van der Waals surface area contributed by atoms with Crippen molar-refractivity contribution < 1.29 is 0 Å². The highest BCUT2D eigenvalue weighted by molar-refractivity contribution is 7.15. The van der Waals surface area contributed by atoms with Gasteiger partial charge in [-0.05, 0) is 50.8 Å². The van der Waals surface area contributed by atoms with Crippen molar-refractivity contribution in [2.24, 2.45) is 0 Å². The van der Waals surface area contributed by atoms with Gasteiger partial charge in [-0.1, -0.05) is 23.7 Å². The lowest BCUT2D eigenvalue weighted by molar-refractivity contribution is 0.815. The summed E-state index contributed by atoms with van der Waals surface area (Å²) < 4.78 is 0. The van der Waals surface area contributed by atoms with Crippen molar-refractivity contribution in [3.63, 3.8) is 0 Å². The Morgan fingerprint density at radius 2 is 1.82 bits per heavy atom. The summed E-state index contributed by atoms with van der Waals surface area (Å²) in [6.07, 6.45) is 3.18. The number of nitrogens with zero attached hydrogens (tertiary/aromatic N) is 2. The molecule has 0 saturated carbocycles. The van der Waals surface area contributed by atoms with Gasteiger partial charge in [0.15, 0.2) is 0 Å². The van der Waals surface area contributed by atoms with Crippen LogP contribution in [0.25, 0.3) is 10.6 Å². The van der Waals surface area contributed by atoms with Gasteiger partial charge in [0.25, 0.3) is 0 Å². The number of aromatic nitrogens is 2. The predicted molar refractivity (Wildman–Crippen MR) is 96.2 cm³/mol. The first-order valence-corrected chi connectivity index (χ1v) is 9.32. The molecule has 114 valence electrons. The molecule has 0 radical (unpaired) electrons. The molecule has 1 aromatic carbocycles. The van der Waals surface area contributed by atoms with Crippen LogP contribution in [0.15, 0.2) is 29.6 Å². The summed E-state index contributed by atoms with van der Waals surface area (Å²) in [7, 11) is 0. The molecule has 2 nitrogen and oxygen atoms in total. The van der Waals surface area contributed by atoms with Crippen molar-refractivity contribution in [2.45, 2.75) is 33.1 Å². The molecule has 3 rings (SSSR count). The minimum atomic E-state index is 0.795. The molecule has 0 amide bonds. The van der Waals surface area contributed by atoms with E-state index >= 15 is 0 Å². The molecule has 5 heteroatoms. The van der Waals surface area contributed by atoms with Gasteiger partial charge in [-0.25, -0.2) is 9.97 Å². The number of halogens is 1. The smallest absolute Gasteiger partial charge is 0.0933 e. The number of aryl methyl sites for hydroxylation is 4. The van der Waals surface area contributed by atoms with Gasteiger partial charge in [0.05, 0.1) is 26.3 Å². The molecule has 0 aliphatic rings. The fourth-order valence-corrected chi connectivity index (χ4v) is 4.31. The van der Waals surface area contributed by atoms with Gasteiger partial charge in [0.2, 0.25) is 0 Å². The molecule has 3 aromatic rings. The van der Waals surface area contributed by atoms with Crippen LogP contribution in [0.2, 0.25) is 5.02 Å². The molecule has 0 aliphatic carbocycles. The fraction of sp³-hybridized carbons (Fsp3) is 0.294. The Hall–Kier alpha value is -1.23. The molecule has 22 heavy (non-hydrogen) atoms. The maximum absolute atomic E-state index is 5.90. The monoisotopic (exact) mass is 348 g/mol.